The molecule has 1 amide bonds. The van der Waals surface area contributed by atoms with E-state index in [1.54, 1.807) is 0 Å². The smallest absolute Gasteiger partial charge is 0.237 e. The number of nitrogens with zero attached hydrogens (tertiary/aromatic N) is 1. The first-order valence-electron chi connectivity index (χ1n) is 7.30. The highest BCUT2D eigenvalue weighted by molar-refractivity contribution is 5.81. The molecule has 1 aliphatic rings. The molecule has 1 heterocycles. The van der Waals surface area contributed by atoms with Gasteiger partial charge in [-0.25, -0.2) is 0 Å². The number of carbonyl (C=O) groups is 1. The minimum absolute atomic E-state index is 0.0161. The van der Waals surface area contributed by atoms with E-state index in [0.29, 0.717) is 6.04 Å². The molecule has 1 saturated heterocycles. The van der Waals surface area contributed by atoms with Gasteiger partial charge in [-0.15, -0.1) is 0 Å². The molecule has 0 saturated carbocycles. The van der Waals surface area contributed by atoms with Crippen LogP contribution in [-0.2, 0) is 4.79 Å². The molecule has 1 fully saturated rings. The Bertz CT molecular complexity index is 255. The molecule has 0 aromatic carbocycles. The second kappa shape index (κ2) is 7.74. The van der Waals surface area contributed by atoms with Gasteiger partial charge in [0.15, 0.2) is 0 Å². The second-order valence-electron chi connectivity index (χ2n) is 5.44. The molecule has 3 atom stereocenters. The maximum absolute atomic E-state index is 12.2. The number of nitrogens with one attached hydrogen (secondary N) is 2. The lowest BCUT2D eigenvalue weighted by Crippen LogP contribution is -2.55. The summed E-state index contributed by atoms with van der Waals surface area (Å²) in [4.78, 5) is 14.5. The standard InChI is InChI=1S/C14H29N3O/c1-5-11(2)16-14(18)12(3)17-9-7-6-8-13(17)10-15-4/h11-13,15H,5-10H2,1-4H3,(H,16,18). The zero-order valence-corrected chi connectivity index (χ0v) is 12.3. The van der Waals surface area contributed by atoms with Gasteiger partial charge in [0.1, 0.15) is 0 Å². The van der Waals surface area contributed by atoms with E-state index in [1.165, 1.54) is 19.3 Å². The van der Waals surface area contributed by atoms with E-state index in [-0.39, 0.29) is 18.0 Å². The van der Waals surface area contributed by atoms with Gasteiger partial charge in [-0.05, 0) is 46.7 Å². The largest absolute Gasteiger partial charge is 0.352 e. The quantitative estimate of drug-likeness (QED) is 0.753. The highest BCUT2D eigenvalue weighted by Crippen LogP contribution is 2.19. The van der Waals surface area contributed by atoms with Gasteiger partial charge >= 0.3 is 0 Å². The van der Waals surface area contributed by atoms with Crippen LogP contribution in [0, 0.1) is 0 Å². The van der Waals surface area contributed by atoms with Crippen LogP contribution in [-0.4, -0.2) is 49.1 Å². The number of rotatable bonds is 6. The number of likely N-dealkylation sites (tertiary alicyclic amines) is 1. The third kappa shape index (κ3) is 4.25. The third-order valence-corrected chi connectivity index (χ3v) is 3.99. The average molecular weight is 255 g/mol. The molecular formula is C14H29N3O. The Kier molecular flexibility index (Phi) is 6.65. The molecule has 4 heteroatoms. The molecule has 18 heavy (non-hydrogen) atoms. The van der Waals surface area contributed by atoms with Gasteiger partial charge in [0, 0.05) is 18.6 Å². The Hall–Kier alpha value is -0.610. The Morgan fingerprint density at radius 1 is 1.39 bits per heavy atom. The summed E-state index contributed by atoms with van der Waals surface area (Å²) in [5.74, 6) is 0.173. The summed E-state index contributed by atoms with van der Waals surface area (Å²) in [5.41, 5.74) is 0. The Morgan fingerprint density at radius 2 is 2.11 bits per heavy atom. The Morgan fingerprint density at radius 3 is 2.72 bits per heavy atom. The van der Waals surface area contributed by atoms with Crippen molar-refractivity contribution in [2.24, 2.45) is 0 Å². The molecule has 0 aromatic rings. The molecular weight excluding hydrogens is 226 g/mol. The maximum atomic E-state index is 12.2. The average Bonchev–Trinajstić information content (AvgIpc) is 2.38. The molecule has 0 radical (unpaired) electrons. The lowest BCUT2D eigenvalue weighted by Gasteiger charge is -2.39. The number of hydrogen-bond acceptors (Lipinski definition) is 3. The predicted octanol–water partition coefficient (Wildman–Crippen LogP) is 1.36. The van der Waals surface area contributed by atoms with Gasteiger partial charge in [0.25, 0.3) is 0 Å². The third-order valence-electron chi connectivity index (χ3n) is 3.99. The number of carbonyl (C=O) groups excluding carboxylic acids is 1. The van der Waals surface area contributed by atoms with E-state index < -0.39 is 0 Å². The highest BCUT2D eigenvalue weighted by atomic mass is 16.2. The van der Waals surface area contributed by atoms with Crippen molar-refractivity contribution in [3.05, 3.63) is 0 Å². The molecule has 0 bridgehead atoms. The van der Waals surface area contributed by atoms with Crippen LogP contribution in [0.15, 0.2) is 0 Å². The molecule has 0 spiro atoms. The first kappa shape index (κ1) is 15.4. The van der Waals surface area contributed by atoms with Crippen LogP contribution in [0.3, 0.4) is 0 Å². The van der Waals surface area contributed by atoms with Gasteiger partial charge in [0.2, 0.25) is 5.91 Å². The van der Waals surface area contributed by atoms with Crippen molar-refractivity contribution >= 4 is 5.91 Å². The van der Waals surface area contributed by atoms with Crippen LogP contribution in [0.1, 0.15) is 46.5 Å². The lowest BCUT2D eigenvalue weighted by atomic mass is 9.99. The minimum Gasteiger partial charge on any atom is -0.352 e. The topological polar surface area (TPSA) is 44.4 Å². The van der Waals surface area contributed by atoms with Gasteiger partial charge in [0.05, 0.1) is 6.04 Å². The van der Waals surface area contributed by atoms with Gasteiger partial charge in [-0.1, -0.05) is 13.3 Å². The molecule has 2 N–H and O–H groups in total. The molecule has 1 aliphatic heterocycles. The number of amides is 1. The molecule has 4 nitrogen and oxygen atoms in total. The SMILES string of the molecule is CCC(C)NC(=O)C(C)N1CCCCC1CNC. The fourth-order valence-electron chi connectivity index (χ4n) is 2.60. The summed E-state index contributed by atoms with van der Waals surface area (Å²) >= 11 is 0. The summed E-state index contributed by atoms with van der Waals surface area (Å²) < 4.78 is 0. The number of piperidine rings is 1. The van der Waals surface area contributed by atoms with Gasteiger partial charge in [-0.2, -0.15) is 0 Å². The number of likely N-dealkylation sites (N-methyl/N-ethyl adjacent to an activating group) is 1. The van der Waals surface area contributed by atoms with Crippen LogP contribution in [0.25, 0.3) is 0 Å². The Labute approximate surface area is 111 Å². The van der Waals surface area contributed by atoms with Crippen molar-refractivity contribution in [2.75, 3.05) is 20.1 Å². The summed E-state index contributed by atoms with van der Waals surface area (Å²) in [5, 5.41) is 6.33. The second-order valence-corrected chi connectivity index (χ2v) is 5.44. The van der Waals surface area contributed by atoms with Crippen molar-refractivity contribution < 1.29 is 4.79 Å². The van der Waals surface area contributed by atoms with E-state index >= 15 is 0 Å². The Balaban J connectivity index is 2.56. The van der Waals surface area contributed by atoms with Crippen LogP contribution < -0.4 is 10.6 Å². The molecule has 3 unspecified atom stereocenters. The summed E-state index contributed by atoms with van der Waals surface area (Å²) in [7, 11) is 1.98. The monoisotopic (exact) mass is 255 g/mol. The van der Waals surface area contributed by atoms with Crippen LogP contribution in [0.5, 0.6) is 0 Å². The fourth-order valence-corrected chi connectivity index (χ4v) is 2.60. The van der Waals surface area contributed by atoms with E-state index in [1.807, 2.05) is 14.0 Å². The summed E-state index contributed by atoms with van der Waals surface area (Å²) in [6.45, 7) is 8.21. The fraction of sp³-hybridized carbons (Fsp3) is 0.929. The summed E-state index contributed by atoms with van der Waals surface area (Å²) in [6, 6.07) is 0.756. The van der Waals surface area contributed by atoms with Crippen LogP contribution >= 0.6 is 0 Å². The molecule has 106 valence electrons. The van der Waals surface area contributed by atoms with Crippen molar-refractivity contribution in [2.45, 2.75) is 64.6 Å². The molecule has 1 rings (SSSR count). The summed E-state index contributed by atoms with van der Waals surface area (Å²) in [6.07, 6.45) is 4.67. The lowest BCUT2D eigenvalue weighted by molar-refractivity contribution is -0.128. The van der Waals surface area contributed by atoms with E-state index in [9.17, 15) is 4.79 Å². The van der Waals surface area contributed by atoms with Crippen molar-refractivity contribution in [3.63, 3.8) is 0 Å². The van der Waals surface area contributed by atoms with Crippen LogP contribution in [0.4, 0.5) is 0 Å². The van der Waals surface area contributed by atoms with Crippen molar-refractivity contribution in [3.8, 4) is 0 Å². The zero-order chi connectivity index (χ0) is 13.5. The van der Waals surface area contributed by atoms with Gasteiger partial charge < -0.3 is 10.6 Å². The first-order chi connectivity index (χ1) is 8.60. The number of hydrogen-bond donors (Lipinski definition) is 2. The van der Waals surface area contributed by atoms with Crippen molar-refractivity contribution in [1.29, 1.82) is 0 Å². The minimum atomic E-state index is -0.0161. The predicted molar refractivity (Wildman–Crippen MR) is 75.6 cm³/mol. The molecule has 0 aliphatic carbocycles. The normalized spacial score (nSPS) is 24.6. The van der Waals surface area contributed by atoms with E-state index in [4.69, 9.17) is 0 Å². The van der Waals surface area contributed by atoms with Crippen LogP contribution in [0.2, 0.25) is 0 Å². The van der Waals surface area contributed by atoms with Crippen molar-refractivity contribution in [1.82, 2.24) is 15.5 Å². The maximum Gasteiger partial charge on any atom is 0.237 e. The van der Waals surface area contributed by atoms with E-state index in [0.717, 1.165) is 19.5 Å². The molecule has 0 aromatic heterocycles. The zero-order valence-electron chi connectivity index (χ0n) is 12.3. The highest BCUT2D eigenvalue weighted by Gasteiger charge is 2.29. The first-order valence-corrected chi connectivity index (χ1v) is 7.30. The van der Waals surface area contributed by atoms with Gasteiger partial charge in [-0.3, -0.25) is 9.69 Å². The van der Waals surface area contributed by atoms with E-state index in [2.05, 4.69) is 29.4 Å².